The molecule has 1 N–H and O–H groups in total. The molecule has 2 aromatic carbocycles. The van der Waals surface area contributed by atoms with Crippen LogP contribution in [0.4, 0.5) is 0 Å². The van der Waals surface area contributed by atoms with Crippen LogP contribution in [0.25, 0.3) is 5.57 Å². The van der Waals surface area contributed by atoms with Gasteiger partial charge in [0, 0.05) is 0 Å². The smallest absolute Gasteiger partial charge is 0.115 e. The third-order valence-corrected chi connectivity index (χ3v) is 3.47. The number of phenolic OH excluding ortho intramolecular Hbond substituents is 1. The average Bonchev–Trinajstić information content (AvgIpc) is 2.45. The molecule has 0 amide bonds. The van der Waals surface area contributed by atoms with Crippen molar-refractivity contribution in [2.24, 2.45) is 0 Å². The first-order valence-electron chi connectivity index (χ1n) is 6.70. The summed E-state index contributed by atoms with van der Waals surface area (Å²) >= 11 is 0. The van der Waals surface area contributed by atoms with Crippen molar-refractivity contribution in [2.45, 2.75) is 26.7 Å². The summed E-state index contributed by atoms with van der Waals surface area (Å²) in [6.45, 7) is 4.15. The molecular weight excluding hydrogens is 232 g/mol. The Hall–Kier alpha value is -2.02. The first kappa shape index (κ1) is 13.4. The molecule has 0 saturated carbocycles. The molecule has 0 bridgehead atoms. The van der Waals surface area contributed by atoms with Gasteiger partial charge in [-0.15, -0.1) is 0 Å². The highest BCUT2D eigenvalue weighted by Crippen LogP contribution is 2.24. The summed E-state index contributed by atoms with van der Waals surface area (Å²) in [6, 6.07) is 16.1. The van der Waals surface area contributed by atoms with Gasteiger partial charge in [-0.25, -0.2) is 0 Å². The normalized spacial score (nSPS) is 11.6. The molecule has 0 aliphatic carbocycles. The lowest BCUT2D eigenvalue weighted by molar-refractivity contribution is 0.474. The van der Waals surface area contributed by atoms with Crippen molar-refractivity contribution in [3.63, 3.8) is 0 Å². The molecule has 0 radical (unpaired) electrons. The average molecular weight is 252 g/mol. The summed E-state index contributed by atoms with van der Waals surface area (Å²) in [7, 11) is 0. The number of rotatable bonds is 4. The summed E-state index contributed by atoms with van der Waals surface area (Å²) in [5, 5.41) is 9.67. The molecule has 0 unspecified atom stereocenters. The van der Waals surface area contributed by atoms with Gasteiger partial charge in [-0.1, -0.05) is 42.5 Å². The zero-order valence-corrected chi connectivity index (χ0v) is 11.6. The van der Waals surface area contributed by atoms with E-state index >= 15 is 0 Å². The molecule has 0 saturated heterocycles. The van der Waals surface area contributed by atoms with Gasteiger partial charge in [0.1, 0.15) is 5.75 Å². The fourth-order valence-corrected chi connectivity index (χ4v) is 2.25. The maximum absolute atomic E-state index is 9.67. The SMILES string of the molecule is C/C=C(/C)c1ccc(O)cc1CCc1ccccc1. The Morgan fingerprint density at radius 3 is 2.47 bits per heavy atom. The number of phenols is 1. The minimum atomic E-state index is 0.343. The summed E-state index contributed by atoms with van der Waals surface area (Å²) in [6.07, 6.45) is 4.05. The summed E-state index contributed by atoms with van der Waals surface area (Å²) < 4.78 is 0. The van der Waals surface area contributed by atoms with Crippen LogP contribution < -0.4 is 0 Å². The predicted molar refractivity (Wildman–Crippen MR) is 81.3 cm³/mol. The van der Waals surface area contributed by atoms with Crippen molar-refractivity contribution in [1.82, 2.24) is 0 Å². The van der Waals surface area contributed by atoms with Gasteiger partial charge in [-0.2, -0.15) is 0 Å². The number of hydrogen-bond donors (Lipinski definition) is 1. The van der Waals surface area contributed by atoms with Gasteiger partial charge in [-0.3, -0.25) is 0 Å². The van der Waals surface area contributed by atoms with E-state index in [0.717, 1.165) is 12.8 Å². The Bertz CT molecular complexity index is 567. The lowest BCUT2D eigenvalue weighted by Crippen LogP contribution is -1.96. The fourth-order valence-electron chi connectivity index (χ4n) is 2.25. The maximum Gasteiger partial charge on any atom is 0.115 e. The minimum absolute atomic E-state index is 0.343. The van der Waals surface area contributed by atoms with Crippen LogP contribution in [0.3, 0.4) is 0 Å². The van der Waals surface area contributed by atoms with Crippen LogP contribution in [0.5, 0.6) is 5.75 Å². The highest BCUT2D eigenvalue weighted by Gasteiger charge is 2.05. The van der Waals surface area contributed by atoms with Gasteiger partial charge < -0.3 is 5.11 Å². The molecule has 0 atom stereocenters. The van der Waals surface area contributed by atoms with Crippen molar-refractivity contribution in [3.8, 4) is 5.75 Å². The van der Waals surface area contributed by atoms with Crippen molar-refractivity contribution in [2.75, 3.05) is 0 Å². The molecule has 0 aromatic heterocycles. The molecule has 19 heavy (non-hydrogen) atoms. The summed E-state index contributed by atoms with van der Waals surface area (Å²) in [5.41, 5.74) is 5.02. The third kappa shape index (κ3) is 3.47. The van der Waals surface area contributed by atoms with Crippen molar-refractivity contribution in [3.05, 3.63) is 71.3 Å². The van der Waals surface area contributed by atoms with E-state index in [9.17, 15) is 5.11 Å². The van der Waals surface area contributed by atoms with Crippen LogP contribution >= 0.6 is 0 Å². The van der Waals surface area contributed by atoms with Crippen molar-refractivity contribution < 1.29 is 5.11 Å². The first-order valence-corrected chi connectivity index (χ1v) is 6.70. The lowest BCUT2D eigenvalue weighted by Gasteiger charge is -2.11. The number of hydrogen-bond acceptors (Lipinski definition) is 1. The monoisotopic (exact) mass is 252 g/mol. The molecule has 0 aliphatic rings. The maximum atomic E-state index is 9.67. The largest absolute Gasteiger partial charge is 0.508 e. The fraction of sp³-hybridized carbons (Fsp3) is 0.222. The van der Waals surface area contributed by atoms with E-state index in [1.54, 1.807) is 6.07 Å². The second kappa shape index (κ2) is 6.24. The van der Waals surface area contributed by atoms with Crippen LogP contribution in [0.2, 0.25) is 0 Å². The zero-order chi connectivity index (χ0) is 13.7. The van der Waals surface area contributed by atoms with Crippen molar-refractivity contribution in [1.29, 1.82) is 0 Å². The van der Waals surface area contributed by atoms with E-state index in [4.69, 9.17) is 0 Å². The highest BCUT2D eigenvalue weighted by molar-refractivity contribution is 5.67. The van der Waals surface area contributed by atoms with E-state index < -0.39 is 0 Å². The Morgan fingerprint density at radius 1 is 1.05 bits per heavy atom. The van der Waals surface area contributed by atoms with E-state index in [1.807, 2.05) is 25.1 Å². The molecule has 98 valence electrons. The molecule has 1 heteroatoms. The summed E-state index contributed by atoms with van der Waals surface area (Å²) in [5.74, 6) is 0.343. The first-order chi connectivity index (χ1) is 9.20. The number of aromatic hydroxyl groups is 1. The van der Waals surface area contributed by atoms with Crippen LogP contribution in [-0.2, 0) is 12.8 Å². The Kier molecular flexibility index (Phi) is 4.40. The number of allylic oxidation sites excluding steroid dienone is 2. The lowest BCUT2D eigenvalue weighted by atomic mass is 9.95. The van der Waals surface area contributed by atoms with Gasteiger partial charge in [-0.05, 0) is 61.1 Å². The van der Waals surface area contributed by atoms with Gasteiger partial charge in [0.05, 0.1) is 0 Å². The van der Waals surface area contributed by atoms with E-state index in [1.165, 1.54) is 22.3 Å². The van der Waals surface area contributed by atoms with Crippen LogP contribution in [0.15, 0.2) is 54.6 Å². The molecule has 2 aromatic rings. The predicted octanol–water partition coefficient (Wildman–Crippen LogP) is 4.60. The topological polar surface area (TPSA) is 20.2 Å². The quantitative estimate of drug-likeness (QED) is 0.843. The minimum Gasteiger partial charge on any atom is -0.508 e. The standard InChI is InChI=1S/C18H20O/c1-3-14(2)18-12-11-17(19)13-16(18)10-9-15-7-5-4-6-8-15/h3-8,11-13,19H,9-10H2,1-2H3/b14-3-. The van der Waals surface area contributed by atoms with Crippen LogP contribution in [0, 0.1) is 0 Å². The second-order valence-electron chi connectivity index (χ2n) is 4.80. The molecule has 2 rings (SSSR count). The zero-order valence-electron chi connectivity index (χ0n) is 11.6. The molecule has 0 fully saturated rings. The van der Waals surface area contributed by atoms with E-state index in [2.05, 4.69) is 37.3 Å². The molecule has 0 aliphatic heterocycles. The molecule has 0 heterocycles. The Morgan fingerprint density at radius 2 is 1.79 bits per heavy atom. The van der Waals surface area contributed by atoms with Gasteiger partial charge in [0.25, 0.3) is 0 Å². The van der Waals surface area contributed by atoms with Crippen molar-refractivity contribution >= 4 is 5.57 Å². The summed E-state index contributed by atoms with van der Waals surface area (Å²) in [4.78, 5) is 0. The van der Waals surface area contributed by atoms with Gasteiger partial charge >= 0.3 is 0 Å². The molecule has 0 spiro atoms. The molecule has 1 nitrogen and oxygen atoms in total. The highest BCUT2D eigenvalue weighted by atomic mass is 16.3. The third-order valence-electron chi connectivity index (χ3n) is 3.47. The van der Waals surface area contributed by atoms with E-state index in [-0.39, 0.29) is 0 Å². The van der Waals surface area contributed by atoms with E-state index in [0.29, 0.717) is 5.75 Å². The van der Waals surface area contributed by atoms with Gasteiger partial charge in [0.2, 0.25) is 0 Å². The van der Waals surface area contributed by atoms with Crippen LogP contribution in [-0.4, -0.2) is 5.11 Å². The second-order valence-corrected chi connectivity index (χ2v) is 4.80. The molecular formula is C18H20O. The number of benzene rings is 2. The Balaban J connectivity index is 2.21. The van der Waals surface area contributed by atoms with Crippen LogP contribution in [0.1, 0.15) is 30.5 Å². The Labute approximate surface area is 115 Å². The number of aryl methyl sites for hydroxylation is 2. The van der Waals surface area contributed by atoms with Gasteiger partial charge in [0.15, 0.2) is 0 Å².